The number of nitrogens with zero attached hydrogens (tertiary/aromatic N) is 2. The molecule has 2 rings (SSSR count). The van der Waals surface area contributed by atoms with Crippen LogP contribution in [-0.2, 0) is 19.9 Å². The molecule has 2 aromatic rings. The molecule has 0 aliphatic carbocycles. The van der Waals surface area contributed by atoms with E-state index < -0.39 is 0 Å². The second kappa shape index (κ2) is 7.04. The van der Waals surface area contributed by atoms with Crippen LogP contribution in [0.5, 0.6) is 0 Å². The lowest BCUT2D eigenvalue weighted by molar-refractivity contribution is 0.0907. The topological polar surface area (TPSA) is 67.2 Å². The maximum Gasteiger partial charge on any atom is 0.269 e. The summed E-state index contributed by atoms with van der Waals surface area (Å²) >= 11 is 0. The number of benzene rings is 1. The van der Waals surface area contributed by atoms with Crippen molar-refractivity contribution >= 4 is 5.91 Å². The van der Waals surface area contributed by atoms with Gasteiger partial charge in [-0.15, -0.1) is 0 Å². The number of aliphatic hydroxyl groups excluding tert-OH is 1. The summed E-state index contributed by atoms with van der Waals surface area (Å²) in [7, 11) is 1.75. The molecule has 1 atom stereocenters. The van der Waals surface area contributed by atoms with Crippen LogP contribution in [0.25, 0.3) is 0 Å². The fourth-order valence-corrected chi connectivity index (χ4v) is 2.23. The van der Waals surface area contributed by atoms with E-state index in [0.29, 0.717) is 12.1 Å². The Labute approximate surface area is 124 Å². The third-order valence-electron chi connectivity index (χ3n) is 3.41. The van der Waals surface area contributed by atoms with Gasteiger partial charge in [-0.05, 0) is 24.5 Å². The molecule has 21 heavy (non-hydrogen) atoms. The Morgan fingerprint density at radius 2 is 2.10 bits per heavy atom. The standard InChI is InChI=1S/C16H21N3O2/c1-3-13-10-15(19(2)18-13)16(21)17-14(11-20)9-12-7-5-4-6-8-12/h4-8,10,14,20H,3,9,11H2,1-2H3,(H,17,21). The molecule has 1 heterocycles. The van der Waals surface area contributed by atoms with Gasteiger partial charge in [0, 0.05) is 7.05 Å². The molecule has 0 fully saturated rings. The van der Waals surface area contributed by atoms with Crippen LogP contribution in [0.1, 0.15) is 28.7 Å². The molecule has 0 radical (unpaired) electrons. The van der Waals surface area contributed by atoms with E-state index in [1.807, 2.05) is 37.3 Å². The van der Waals surface area contributed by atoms with Crippen LogP contribution >= 0.6 is 0 Å². The number of carbonyl (C=O) groups excluding carboxylic acids is 1. The zero-order valence-electron chi connectivity index (χ0n) is 12.4. The number of aliphatic hydroxyl groups is 1. The van der Waals surface area contributed by atoms with Gasteiger partial charge in [0.25, 0.3) is 5.91 Å². The zero-order valence-corrected chi connectivity index (χ0v) is 12.4. The molecule has 0 saturated carbocycles. The first-order chi connectivity index (χ1) is 10.1. The Morgan fingerprint density at radius 1 is 1.38 bits per heavy atom. The summed E-state index contributed by atoms with van der Waals surface area (Å²) in [6.45, 7) is 1.90. The van der Waals surface area contributed by atoms with Gasteiger partial charge in [-0.1, -0.05) is 37.3 Å². The van der Waals surface area contributed by atoms with E-state index in [-0.39, 0.29) is 18.6 Å². The first kappa shape index (κ1) is 15.3. The van der Waals surface area contributed by atoms with Crippen molar-refractivity contribution in [1.29, 1.82) is 0 Å². The van der Waals surface area contributed by atoms with Crippen molar-refractivity contribution in [2.45, 2.75) is 25.8 Å². The van der Waals surface area contributed by atoms with Crippen LogP contribution in [0.15, 0.2) is 36.4 Å². The van der Waals surface area contributed by atoms with E-state index in [1.54, 1.807) is 17.8 Å². The lowest BCUT2D eigenvalue weighted by Crippen LogP contribution is -2.39. The quantitative estimate of drug-likeness (QED) is 0.842. The van der Waals surface area contributed by atoms with Gasteiger partial charge in [-0.2, -0.15) is 5.10 Å². The lowest BCUT2D eigenvalue weighted by atomic mass is 10.1. The van der Waals surface area contributed by atoms with Crippen LogP contribution in [0, 0.1) is 0 Å². The number of rotatable bonds is 6. The van der Waals surface area contributed by atoms with Gasteiger partial charge in [0.2, 0.25) is 0 Å². The van der Waals surface area contributed by atoms with Crippen molar-refractivity contribution in [2.24, 2.45) is 7.05 Å². The summed E-state index contributed by atoms with van der Waals surface area (Å²) in [5.41, 5.74) is 2.47. The molecule has 1 amide bonds. The highest BCUT2D eigenvalue weighted by Gasteiger charge is 2.17. The molecular formula is C16H21N3O2. The number of carbonyl (C=O) groups is 1. The highest BCUT2D eigenvalue weighted by Crippen LogP contribution is 2.06. The van der Waals surface area contributed by atoms with Crippen molar-refractivity contribution in [1.82, 2.24) is 15.1 Å². The number of amides is 1. The summed E-state index contributed by atoms with van der Waals surface area (Å²) in [4.78, 5) is 12.3. The maximum atomic E-state index is 12.3. The maximum absolute atomic E-state index is 12.3. The minimum absolute atomic E-state index is 0.0981. The average molecular weight is 287 g/mol. The number of aryl methyl sites for hydroxylation is 2. The third kappa shape index (κ3) is 3.92. The Hall–Kier alpha value is -2.14. The molecule has 0 bridgehead atoms. The van der Waals surface area contributed by atoms with Crippen molar-refractivity contribution in [3.05, 3.63) is 53.3 Å². The van der Waals surface area contributed by atoms with Gasteiger partial charge in [-0.25, -0.2) is 0 Å². The lowest BCUT2D eigenvalue weighted by Gasteiger charge is -2.16. The molecule has 0 aliphatic rings. The van der Waals surface area contributed by atoms with Crippen LogP contribution < -0.4 is 5.32 Å². The molecule has 0 saturated heterocycles. The summed E-state index contributed by atoms with van der Waals surface area (Å²) < 4.78 is 1.57. The molecule has 0 spiro atoms. The minimum Gasteiger partial charge on any atom is -0.394 e. The normalized spacial score (nSPS) is 12.1. The highest BCUT2D eigenvalue weighted by molar-refractivity contribution is 5.92. The minimum atomic E-state index is -0.306. The molecular weight excluding hydrogens is 266 g/mol. The van der Waals surface area contributed by atoms with E-state index in [4.69, 9.17) is 0 Å². The van der Waals surface area contributed by atoms with Gasteiger partial charge >= 0.3 is 0 Å². The van der Waals surface area contributed by atoms with Crippen molar-refractivity contribution in [3.63, 3.8) is 0 Å². The van der Waals surface area contributed by atoms with Crippen molar-refractivity contribution in [2.75, 3.05) is 6.61 Å². The monoisotopic (exact) mass is 287 g/mol. The zero-order chi connectivity index (χ0) is 15.2. The molecule has 5 heteroatoms. The first-order valence-electron chi connectivity index (χ1n) is 7.12. The van der Waals surface area contributed by atoms with Crippen LogP contribution in [0.3, 0.4) is 0 Å². The van der Waals surface area contributed by atoms with Gasteiger partial charge in [0.1, 0.15) is 5.69 Å². The fraction of sp³-hybridized carbons (Fsp3) is 0.375. The van der Waals surface area contributed by atoms with E-state index in [0.717, 1.165) is 17.7 Å². The van der Waals surface area contributed by atoms with E-state index >= 15 is 0 Å². The van der Waals surface area contributed by atoms with Gasteiger partial charge in [-0.3, -0.25) is 9.48 Å². The highest BCUT2D eigenvalue weighted by atomic mass is 16.3. The number of aromatic nitrogens is 2. The van der Waals surface area contributed by atoms with Crippen molar-refractivity contribution in [3.8, 4) is 0 Å². The SMILES string of the molecule is CCc1cc(C(=O)NC(CO)Cc2ccccc2)n(C)n1. The molecule has 1 aromatic heterocycles. The van der Waals surface area contributed by atoms with Gasteiger partial charge in [0.05, 0.1) is 18.3 Å². The smallest absolute Gasteiger partial charge is 0.269 e. The summed E-state index contributed by atoms with van der Waals surface area (Å²) in [5.74, 6) is -0.209. The summed E-state index contributed by atoms with van der Waals surface area (Å²) in [6.07, 6.45) is 1.39. The molecule has 1 unspecified atom stereocenters. The summed E-state index contributed by atoms with van der Waals surface area (Å²) in [5, 5.41) is 16.6. The molecule has 1 aromatic carbocycles. The van der Waals surface area contributed by atoms with Crippen LogP contribution in [0.4, 0.5) is 0 Å². The number of hydrogen-bond acceptors (Lipinski definition) is 3. The second-order valence-corrected chi connectivity index (χ2v) is 5.04. The Balaban J connectivity index is 2.04. The summed E-state index contributed by atoms with van der Waals surface area (Å²) in [6, 6.07) is 11.3. The Bertz CT molecular complexity index is 593. The molecule has 5 nitrogen and oxygen atoms in total. The molecule has 0 aliphatic heterocycles. The molecule has 112 valence electrons. The van der Waals surface area contributed by atoms with Gasteiger partial charge in [0.15, 0.2) is 0 Å². The van der Waals surface area contributed by atoms with Crippen LogP contribution in [0.2, 0.25) is 0 Å². The van der Waals surface area contributed by atoms with E-state index in [9.17, 15) is 9.90 Å². The van der Waals surface area contributed by atoms with E-state index in [1.165, 1.54) is 0 Å². The largest absolute Gasteiger partial charge is 0.394 e. The Kier molecular flexibility index (Phi) is 5.11. The predicted molar refractivity (Wildman–Crippen MR) is 81.1 cm³/mol. The number of hydrogen-bond donors (Lipinski definition) is 2. The Morgan fingerprint density at radius 3 is 2.67 bits per heavy atom. The fourth-order valence-electron chi connectivity index (χ4n) is 2.23. The third-order valence-corrected chi connectivity index (χ3v) is 3.41. The first-order valence-corrected chi connectivity index (χ1v) is 7.12. The molecule has 2 N–H and O–H groups in total. The number of nitrogens with one attached hydrogen (secondary N) is 1. The van der Waals surface area contributed by atoms with Crippen LogP contribution in [-0.4, -0.2) is 33.4 Å². The predicted octanol–water partition coefficient (Wildman–Crippen LogP) is 1.32. The van der Waals surface area contributed by atoms with Crippen molar-refractivity contribution < 1.29 is 9.90 Å². The van der Waals surface area contributed by atoms with Gasteiger partial charge < -0.3 is 10.4 Å². The second-order valence-electron chi connectivity index (χ2n) is 5.04. The average Bonchev–Trinajstić information content (AvgIpc) is 2.88. The van der Waals surface area contributed by atoms with E-state index in [2.05, 4.69) is 10.4 Å².